The van der Waals surface area contributed by atoms with Gasteiger partial charge in [-0.3, -0.25) is 9.59 Å². The normalized spacial score (nSPS) is 12.7. The fraction of sp³-hybridized carbons (Fsp3) is 0.227. The number of benzene rings is 2. The van der Waals surface area contributed by atoms with Gasteiger partial charge in [0.15, 0.2) is 0 Å². The highest BCUT2D eigenvalue weighted by Gasteiger charge is 2.32. The van der Waals surface area contributed by atoms with E-state index in [1.54, 1.807) is 18.2 Å². The van der Waals surface area contributed by atoms with Crippen molar-refractivity contribution in [2.24, 2.45) is 0 Å². The zero-order valence-corrected chi connectivity index (χ0v) is 15.0. The van der Waals surface area contributed by atoms with Crippen LogP contribution in [0.25, 0.3) is 0 Å². The van der Waals surface area contributed by atoms with Crippen LogP contribution in [0.3, 0.4) is 0 Å². The molecule has 1 aliphatic rings. The van der Waals surface area contributed by atoms with Crippen LogP contribution >= 0.6 is 0 Å². The summed E-state index contributed by atoms with van der Waals surface area (Å²) in [4.78, 5) is 26.2. The Balaban J connectivity index is 1.68. The van der Waals surface area contributed by atoms with E-state index in [4.69, 9.17) is 5.26 Å². The molecule has 0 spiro atoms. The van der Waals surface area contributed by atoms with Gasteiger partial charge in [0.25, 0.3) is 0 Å². The molecule has 136 valence electrons. The maximum Gasteiger partial charge on any atom is 0.247 e. The molecule has 1 fully saturated rings. The summed E-state index contributed by atoms with van der Waals surface area (Å²) in [5.41, 5.74) is 3.13. The Hall–Kier alpha value is -3.39. The van der Waals surface area contributed by atoms with Gasteiger partial charge in [0.1, 0.15) is 0 Å². The number of amides is 2. The van der Waals surface area contributed by atoms with Gasteiger partial charge < -0.3 is 10.2 Å². The van der Waals surface area contributed by atoms with E-state index in [2.05, 4.69) is 18.0 Å². The van der Waals surface area contributed by atoms with Gasteiger partial charge in [-0.1, -0.05) is 30.8 Å². The van der Waals surface area contributed by atoms with E-state index < -0.39 is 0 Å². The highest BCUT2D eigenvalue weighted by molar-refractivity contribution is 5.98. The molecule has 1 saturated carbocycles. The van der Waals surface area contributed by atoms with E-state index >= 15 is 0 Å². The zero-order valence-electron chi connectivity index (χ0n) is 15.0. The number of nitrogens with zero attached hydrogens (tertiary/aromatic N) is 2. The third-order valence-corrected chi connectivity index (χ3v) is 4.48. The summed E-state index contributed by atoms with van der Waals surface area (Å²) >= 11 is 0. The Morgan fingerprint density at radius 2 is 1.93 bits per heavy atom. The first-order valence-corrected chi connectivity index (χ1v) is 8.90. The van der Waals surface area contributed by atoms with Crippen LogP contribution in [0.15, 0.2) is 61.2 Å². The van der Waals surface area contributed by atoms with Crippen molar-refractivity contribution in [3.8, 4) is 6.07 Å². The van der Waals surface area contributed by atoms with E-state index in [-0.39, 0.29) is 24.3 Å². The number of anilines is 1. The molecule has 1 N–H and O–H groups in total. The molecule has 5 heteroatoms. The first-order valence-electron chi connectivity index (χ1n) is 8.90. The van der Waals surface area contributed by atoms with Crippen LogP contribution in [0.2, 0.25) is 0 Å². The molecule has 0 heterocycles. The Labute approximate surface area is 158 Å². The number of hydrogen-bond donors (Lipinski definition) is 1. The summed E-state index contributed by atoms with van der Waals surface area (Å²) in [5.74, 6) is -0.215. The minimum atomic E-state index is -0.279. The van der Waals surface area contributed by atoms with Crippen molar-refractivity contribution in [1.82, 2.24) is 4.90 Å². The smallest absolute Gasteiger partial charge is 0.247 e. The maximum absolute atomic E-state index is 12.9. The first kappa shape index (κ1) is 18.4. The van der Waals surface area contributed by atoms with E-state index in [1.165, 1.54) is 6.08 Å². The standard InChI is InChI=1S/C22H21N3O2/c1-2-21(26)24-19-5-3-4-18(12-19)13-22(27)25(20-10-11-20)15-17-8-6-16(14-23)7-9-17/h2-9,12,20H,1,10-11,13,15H2,(H,24,26). The largest absolute Gasteiger partial charge is 0.335 e. The van der Waals surface area contributed by atoms with Gasteiger partial charge in [-0.05, 0) is 54.3 Å². The quantitative estimate of drug-likeness (QED) is 0.770. The summed E-state index contributed by atoms with van der Waals surface area (Å²) in [5, 5.41) is 11.6. The van der Waals surface area contributed by atoms with Crippen LogP contribution in [-0.4, -0.2) is 22.8 Å². The van der Waals surface area contributed by atoms with Crippen molar-refractivity contribution in [3.63, 3.8) is 0 Å². The fourth-order valence-corrected chi connectivity index (χ4v) is 2.92. The van der Waals surface area contributed by atoms with Gasteiger partial charge in [-0.25, -0.2) is 0 Å². The lowest BCUT2D eigenvalue weighted by atomic mass is 10.1. The van der Waals surface area contributed by atoms with Gasteiger partial charge >= 0.3 is 0 Å². The van der Waals surface area contributed by atoms with Crippen molar-refractivity contribution >= 4 is 17.5 Å². The minimum absolute atomic E-state index is 0.0639. The molecule has 0 bridgehead atoms. The predicted octanol–water partition coefficient (Wildman–Crippen LogP) is 3.42. The lowest BCUT2D eigenvalue weighted by Crippen LogP contribution is -2.33. The molecule has 0 radical (unpaired) electrons. The van der Waals surface area contributed by atoms with Crippen LogP contribution in [-0.2, 0) is 22.6 Å². The van der Waals surface area contributed by atoms with Crippen LogP contribution in [0.1, 0.15) is 29.5 Å². The van der Waals surface area contributed by atoms with Crippen LogP contribution < -0.4 is 5.32 Å². The van der Waals surface area contributed by atoms with E-state index in [9.17, 15) is 9.59 Å². The number of carbonyl (C=O) groups is 2. The van der Waals surface area contributed by atoms with Crippen LogP contribution in [0.4, 0.5) is 5.69 Å². The number of nitrogens with one attached hydrogen (secondary N) is 1. The highest BCUT2D eigenvalue weighted by atomic mass is 16.2. The average Bonchev–Trinajstić information content (AvgIpc) is 3.51. The third-order valence-electron chi connectivity index (χ3n) is 4.48. The van der Waals surface area contributed by atoms with Gasteiger partial charge in [0, 0.05) is 18.3 Å². The monoisotopic (exact) mass is 359 g/mol. The lowest BCUT2D eigenvalue weighted by molar-refractivity contribution is -0.131. The second kappa shape index (κ2) is 8.33. The molecule has 27 heavy (non-hydrogen) atoms. The Morgan fingerprint density at radius 3 is 2.56 bits per heavy atom. The molecular formula is C22H21N3O2. The summed E-state index contributed by atoms with van der Waals surface area (Å²) in [7, 11) is 0. The molecule has 0 saturated heterocycles. The molecule has 1 aliphatic carbocycles. The number of nitriles is 1. The number of rotatable bonds is 7. The Morgan fingerprint density at radius 1 is 1.19 bits per heavy atom. The van der Waals surface area contributed by atoms with Crippen molar-refractivity contribution < 1.29 is 9.59 Å². The summed E-state index contributed by atoms with van der Waals surface area (Å²) in [6, 6.07) is 17.0. The van der Waals surface area contributed by atoms with E-state index in [0.717, 1.165) is 24.0 Å². The summed E-state index contributed by atoms with van der Waals surface area (Å²) in [6.07, 6.45) is 3.55. The van der Waals surface area contributed by atoms with Crippen molar-refractivity contribution in [3.05, 3.63) is 77.9 Å². The summed E-state index contributed by atoms with van der Waals surface area (Å²) in [6.45, 7) is 3.98. The van der Waals surface area contributed by atoms with Crippen LogP contribution in [0, 0.1) is 11.3 Å². The van der Waals surface area contributed by atoms with Gasteiger partial charge in [0.05, 0.1) is 18.1 Å². The fourth-order valence-electron chi connectivity index (χ4n) is 2.92. The predicted molar refractivity (Wildman–Crippen MR) is 104 cm³/mol. The Kier molecular flexibility index (Phi) is 5.68. The highest BCUT2D eigenvalue weighted by Crippen LogP contribution is 2.29. The van der Waals surface area contributed by atoms with Gasteiger partial charge in [-0.15, -0.1) is 0 Å². The second-order valence-electron chi connectivity index (χ2n) is 6.63. The third kappa shape index (κ3) is 5.05. The molecule has 0 atom stereocenters. The average molecular weight is 359 g/mol. The second-order valence-corrected chi connectivity index (χ2v) is 6.63. The number of hydrogen-bond acceptors (Lipinski definition) is 3. The molecule has 0 aliphatic heterocycles. The van der Waals surface area contributed by atoms with E-state index in [1.807, 2.05) is 35.2 Å². The SMILES string of the molecule is C=CC(=O)Nc1cccc(CC(=O)N(Cc2ccc(C#N)cc2)C2CC2)c1. The van der Waals surface area contributed by atoms with Gasteiger partial charge in [0.2, 0.25) is 11.8 Å². The summed E-state index contributed by atoms with van der Waals surface area (Å²) < 4.78 is 0. The molecular weight excluding hydrogens is 338 g/mol. The topological polar surface area (TPSA) is 73.2 Å². The molecule has 0 unspecified atom stereocenters. The minimum Gasteiger partial charge on any atom is -0.335 e. The molecule has 3 rings (SSSR count). The molecule has 2 amide bonds. The molecule has 2 aromatic rings. The van der Waals surface area contributed by atoms with Crippen molar-refractivity contribution in [2.75, 3.05) is 5.32 Å². The zero-order chi connectivity index (χ0) is 19.2. The van der Waals surface area contributed by atoms with Crippen molar-refractivity contribution in [2.45, 2.75) is 31.8 Å². The molecule has 0 aromatic heterocycles. The maximum atomic E-state index is 12.9. The molecule has 2 aromatic carbocycles. The van der Waals surface area contributed by atoms with E-state index in [0.29, 0.717) is 17.8 Å². The van der Waals surface area contributed by atoms with Crippen molar-refractivity contribution in [1.29, 1.82) is 5.26 Å². The lowest BCUT2D eigenvalue weighted by Gasteiger charge is -2.23. The van der Waals surface area contributed by atoms with Gasteiger partial charge in [-0.2, -0.15) is 5.26 Å². The van der Waals surface area contributed by atoms with Crippen LogP contribution in [0.5, 0.6) is 0 Å². The first-order chi connectivity index (χ1) is 13.1. The Bertz CT molecular complexity index is 893. The molecule has 5 nitrogen and oxygen atoms in total. The number of carbonyl (C=O) groups excluding carboxylic acids is 2.